The fourth-order valence-corrected chi connectivity index (χ4v) is 3.16. The summed E-state index contributed by atoms with van der Waals surface area (Å²) in [6.45, 7) is 10.6. The Kier molecular flexibility index (Phi) is 4.51. The van der Waals surface area contributed by atoms with Crippen LogP contribution in [0.3, 0.4) is 0 Å². The number of nitrogens with zero attached hydrogens (tertiary/aromatic N) is 2. The molecule has 2 aliphatic heterocycles. The van der Waals surface area contributed by atoms with Gasteiger partial charge in [0.2, 0.25) is 5.91 Å². The predicted molar refractivity (Wildman–Crippen MR) is 77.8 cm³/mol. The number of carbonyl (C=O) groups excluding carboxylic acids is 1. The van der Waals surface area contributed by atoms with Crippen molar-refractivity contribution in [3.05, 3.63) is 0 Å². The Bertz CT molecular complexity index is 323. The van der Waals surface area contributed by atoms with Gasteiger partial charge in [-0.15, -0.1) is 0 Å². The maximum absolute atomic E-state index is 12.4. The van der Waals surface area contributed by atoms with Crippen molar-refractivity contribution < 1.29 is 4.79 Å². The van der Waals surface area contributed by atoms with E-state index in [0.29, 0.717) is 17.2 Å². The first-order valence-corrected chi connectivity index (χ1v) is 7.66. The van der Waals surface area contributed by atoms with Crippen LogP contribution in [0.4, 0.5) is 0 Å². The highest BCUT2D eigenvalue weighted by Gasteiger charge is 2.38. The van der Waals surface area contributed by atoms with Crippen molar-refractivity contribution in [3.8, 4) is 0 Å². The topological polar surface area (TPSA) is 35.6 Å². The Balaban J connectivity index is 1.92. The lowest BCUT2D eigenvalue weighted by molar-refractivity contribution is -0.131. The van der Waals surface area contributed by atoms with E-state index in [1.54, 1.807) is 0 Å². The lowest BCUT2D eigenvalue weighted by atomic mass is 9.80. The molecule has 0 aliphatic carbocycles. The number of amides is 1. The van der Waals surface area contributed by atoms with E-state index in [1.165, 1.54) is 12.8 Å². The second-order valence-electron chi connectivity index (χ2n) is 6.88. The summed E-state index contributed by atoms with van der Waals surface area (Å²) in [6, 6.07) is 0.0415. The molecule has 2 fully saturated rings. The first-order valence-electron chi connectivity index (χ1n) is 7.66. The third-order valence-corrected chi connectivity index (χ3v) is 5.06. The Morgan fingerprint density at radius 2 is 2.05 bits per heavy atom. The summed E-state index contributed by atoms with van der Waals surface area (Å²) in [4.78, 5) is 16.9. The maximum atomic E-state index is 12.4. The highest BCUT2D eigenvalue weighted by molar-refractivity contribution is 5.84. The molecule has 0 saturated carbocycles. The number of nitrogens with one attached hydrogen (secondary N) is 1. The quantitative estimate of drug-likeness (QED) is 0.839. The van der Waals surface area contributed by atoms with E-state index in [-0.39, 0.29) is 6.04 Å². The smallest absolute Gasteiger partial charge is 0.241 e. The number of rotatable bonds is 4. The van der Waals surface area contributed by atoms with Crippen LogP contribution in [-0.4, -0.2) is 55.1 Å². The standard InChI is InChI=1S/C15H29N3O/c1-5-12(2)13-14(19)18(11-16-13)10-15(3)6-8-17(4)9-7-15/h12-13,16H,5-11H2,1-4H3. The molecule has 19 heavy (non-hydrogen) atoms. The molecule has 0 aromatic rings. The molecular formula is C15H29N3O. The van der Waals surface area contributed by atoms with Gasteiger partial charge in [0, 0.05) is 6.54 Å². The summed E-state index contributed by atoms with van der Waals surface area (Å²) >= 11 is 0. The molecule has 0 radical (unpaired) electrons. The summed E-state index contributed by atoms with van der Waals surface area (Å²) in [5.74, 6) is 0.747. The average molecular weight is 267 g/mol. The molecule has 2 atom stereocenters. The number of piperidine rings is 1. The Morgan fingerprint density at radius 3 is 2.63 bits per heavy atom. The molecule has 4 nitrogen and oxygen atoms in total. The van der Waals surface area contributed by atoms with Crippen LogP contribution in [0.5, 0.6) is 0 Å². The van der Waals surface area contributed by atoms with Gasteiger partial charge in [-0.3, -0.25) is 10.1 Å². The summed E-state index contributed by atoms with van der Waals surface area (Å²) < 4.78 is 0. The van der Waals surface area contributed by atoms with Crippen molar-refractivity contribution in [2.24, 2.45) is 11.3 Å². The Morgan fingerprint density at radius 1 is 1.42 bits per heavy atom. The molecule has 2 unspecified atom stereocenters. The molecule has 2 heterocycles. The SMILES string of the molecule is CCC(C)C1NCN(CC2(C)CCN(C)CC2)C1=O. The number of likely N-dealkylation sites (tertiary alicyclic amines) is 1. The molecule has 110 valence electrons. The van der Waals surface area contributed by atoms with E-state index in [0.717, 1.165) is 32.7 Å². The maximum Gasteiger partial charge on any atom is 0.241 e. The molecule has 2 rings (SSSR count). The first-order chi connectivity index (χ1) is 8.95. The zero-order valence-corrected chi connectivity index (χ0v) is 12.9. The molecule has 0 spiro atoms. The molecule has 0 aromatic carbocycles. The number of hydrogen-bond acceptors (Lipinski definition) is 3. The van der Waals surface area contributed by atoms with Crippen LogP contribution in [0, 0.1) is 11.3 Å². The molecule has 2 saturated heterocycles. The minimum Gasteiger partial charge on any atom is -0.328 e. The Labute approximate surface area is 117 Å². The minimum atomic E-state index is 0.0415. The summed E-state index contributed by atoms with van der Waals surface area (Å²) in [5.41, 5.74) is 0.300. The van der Waals surface area contributed by atoms with Gasteiger partial charge < -0.3 is 9.80 Å². The van der Waals surface area contributed by atoms with E-state index >= 15 is 0 Å². The normalized spacial score (nSPS) is 29.8. The van der Waals surface area contributed by atoms with Gasteiger partial charge in [0.25, 0.3) is 0 Å². The van der Waals surface area contributed by atoms with Crippen molar-refractivity contribution in [1.82, 2.24) is 15.1 Å². The molecule has 2 aliphatic rings. The van der Waals surface area contributed by atoms with Crippen LogP contribution in [0.15, 0.2) is 0 Å². The van der Waals surface area contributed by atoms with E-state index < -0.39 is 0 Å². The highest BCUT2D eigenvalue weighted by atomic mass is 16.2. The van der Waals surface area contributed by atoms with Crippen LogP contribution in [0.1, 0.15) is 40.0 Å². The van der Waals surface area contributed by atoms with Crippen molar-refractivity contribution in [3.63, 3.8) is 0 Å². The molecule has 0 bridgehead atoms. The zero-order valence-electron chi connectivity index (χ0n) is 12.9. The van der Waals surface area contributed by atoms with Gasteiger partial charge in [0.05, 0.1) is 12.7 Å². The third kappa shape index (κ3) is 3.29. The predicted octanol–water partition coefficient (Wildman–Crippen LogP) is 1.52. The van der Waals surface area contributed by atoms with E-state index in [9.17, 15) is 4.79 Å². The largest absolute Gasteiger partial charge is 0.328 e. The molecule has 1 amide bonds. The number of carbonyl (C=O) groups is 1. The summed E-state index contributed by atoms with van der Waals surface area (Å²) in [7, 11) is 2.18. The highest BCUT2D eigenvalue weighted by Crippen LogP contribution is 2.32. The second kappa shape index (κ2) is 5.80. The van der Waals surface area contributed by atoms with Crippen molar-refractivity contribution >= 4 is 5.91 Å². The third-order valence-electron chi connectivity index (χ3n) is 5.06. The monoisotopic (exact) mass is 267 g/mol. The van der Waals surface area contributed by atoms with Gasteiger partial charge in [-0.25, -0.2) is 0 Å². The van der Waals surface area contributed by atoms with Gasteiger partial charge in [-0.1, -0.05) is 27.2 Å². The van der Waals surface area contributed by atoms with Gasteiger partial charge in [-0.05, 0) is 44.3 Å². The summed E-state index contributed by atoms with van der Waals surface area (Å²) in [5, 5.41) is 3.39. The molecular weight excluding hydrogens is 238 g/mol. The fraction of sp³-hybridized carbons (Fsp3) is 0.933. The van der Waals surface area contributed by atoms with E-state index in [2.05, 4.69) is 38.0 Å². The fourth-order valence-electron chi connectivity index (χ4n) is 3.16. The average Bonchev–Trinajstić information content (AvgIpc) is 2.74. The molecule has 1 N–H and O–H groups in total. The van der Waals surface area contributed by atoms with Gasteiger partial charge in [-0.2, -0.15) is 0 Å². The minimum absolute atomic E-state index is 0.0415. The van der Waals surface area contributed by atoms with Crippen molar-refractivity contribution in [2.45, 2.75) is 46.1 Å². The van der Waals surface area contributed by atoms with Crippen LogP contribution in [0.2, 0.25) is 0 Å². The van der Waals surface area contributed by atoms with E-state index in [1.807, 2.05) is 4.90 Å². The van der Waals surface area contributed by atoms with Crippen LogP contribution >= 0.6 is 0 Å². The second-order valence-corrected chi connectivity index (χ2v) is 6.88. The van der Waals surface area contributed by atoms with Gasteiger partial charge in [0.1, 0.15) is 0 Å². The molecule has 4 heteroatoms. The first kappa shape index (κ1) is 14.8. The Hall–Kier alpha value is -0.610. The lowest BCUT2D eigenvalue weighted by Gasteiger charge is -2.40. The zero-order chi connectivity index (χ0) is 14.0. The molecule has 0 aromatic heterocycles. The lowest BCUT2D eigenvalue weighted by Crippen LogP contribution is -2.45. The van der Waals surface area contributed by atoms with Crippen LogP contribution in [0.25, 0.3) is 0 Å². The van der Waals surface area contributed by atoms with Crippen LogP contribution < -0.4 is 5.32 Å². The van der Waals surface area contributed by atoms with Crippen molar-refractivity contribution in [1.29, 1.82) is 0 Å². The number of hydrogen-bond donors (Lipinski definition) is 1. The van der Waals surface area contributed by atoms with E-state index in [4.69, 9.17) is 0 Å². The van der Waals surface area contributed by atoms with Crippen LogP contribution in [-0.2, 0) is 4.79 Å². The van der Waals surface area contributed by atoms with Gasteiger partial charge >= 0.3 is 0 Å². The van der Waals surface area contributed by atoms with Crippen molar-refractivity contribution in [2.75, 3.05) is 33.4 Å². The van der Waals surface area contributed by atoms with Gasteiger partial charge in [0.15, 0.2) is 0 Å². The summed E-state index contributed by atoms with van der Waals surface area (Å²) in [6.07, 6.45) is 3.45.